The van der Waals surface area contributed by atoms with Crippen molar-refractivity contribution < 1.29 is 9.90 Å². The van der Waals surface area contributed by atoms with Crippen molar-refractivity contribution in [2.45, 2.75) is 13.8 Å². The number of nitrogens with one attached hydrogen (secondary N) is 1. The van der Waals surface area contributed by atoms with Crippen LogP contribution in [0.1, 0.15) is 21.5 Å². The Labute approximate surface area is 103 Å². The second-order valence-electron chi connectivity index (χ2n) is 3.88. The van der Waals surface area contributed by atoms with E-state index in [1.807, 2.05) is 32.0 Å². The van der Waals surface area contributed by atoms with E-state index in [0.29, 0.717) is 5.69 Å². The molecule has 0 amide bonds. The topological polar surface area (TPSA) is 66.0 Å². The Kier molecular flexibility index (Phi) is 2.90. The summed E-state index contributed by atoms with van der Waals surface area (Å²) in [5.74, 6) is -1.08. The molecule has 2 N–H and O–H groups in total. The van der Waals surface area contributed by atoms with Crippen LogP contribution < -0.4 is 0 Å². The number of hydrogen-bond donors (Lipinski definition) is 2. The van der Waals surface area contributed by atoms with E-state index < -0.39 is 5.97 Å². The number of nitrogens with zero attached hydrogens (tertiary/aromatic N) is 1. The predicted octanol–water partition coefficient (Wildman–Crippen LogP) is 3.05. The lowest BCUT2D eigenvalue weighted by Gasteiger charge is -2.05. The molecule has 0 radical (unpaired) electrons. The highest BCUT2D eigenvalue weighted by Crippen LogP contribution is 2.29. The Morgan fingerprint density at radius 3 is 2.71 bits per heavy atom. The Bertz CT molecular complexity index is 590. The largest absolute Gasteiger partial charge is 0.478 e. The molecule has 0 saturated carbocycles. The summed E-state index contributed by atoms with van der Waals surface area (Å²) in [5, 5.41) is 15.6. The Morgan fingerprint density at radius 2 is 2.12 bits per heavy atom. The van der Waals surface area contributed by atoms with Crippen molar-refractivity contribution in [1.29, 1.82) is 0 Å². The molecule has 0 spiro atoms. The van der Waals surface area contributed by atoms with Crippen molar-refractivity contribution in [2.24, 2.45) is 0 Å². The molecule has 2 rings (SSSR count). The van der Waals surface area contributed by atoms with E-state index in [1.165, 1.54) is 0 Å². The minimum atomic E-state index is -1.08. The van der Waals surface area contributed by atoms with Gasteiger partial charge in [0.05, 0.1) is 0 Å². The van der Waals surface area contributed by atoms with Crippen LogP contribution in [0.25, 0.3) is 11.3 Å². The second kappa shape index (κ2) is 4.22. The van der Waals surface area contributed by atoms with E-state index in [4.69, 9.17) is 16.7 Å². The van der Waals surface area contributed by atoms with Gasteiger partial charge in [-0.1, -0.05) is 35.4 Å². The van der Waals surface area contributed by atoms with E-state index in [2.05, 4.69) is 10.2 Å². The molecule has 0 aliphatic carbocycles. The van der Waals surface area contributed by atoms with Crippen LogP contribution >= 0.6 is 11.6 Å². The maximum absolute atomic E-state index is 11.1. The van der Waals surface area contributed by atoms with Crippen molar-refractivity contribution in [1.82, 2.24) is 10.2 Å². The Hall–Kier alpha value is -1.81. The van der Waals surface area contributed by atoms with Crippen LogP contribution in [-0.4, -0.2) is 21.3 Å². The van der Waals surface area contributed by atoms with Gasteiger partial charge >= 0.3 is 5.97 Å². The maximum Gasteiger partial charge on any atom is 0.341 e. The van der Waals surface area contributed by atoms with Gasteiger partial charge in [0.25, 0.3) is 0 Å². The van der Waals surface area contributed by atoms with Gasteiger partial charge in [0, 0.05) is 5.56 Å². The minimum Gasteiger partial charge on any atom is -0.478 e. The highest BCUT2D eigenvalue weighted by molar-refractivity contribution is 6.33. The third-order valence-corrected chi connectivity index (χ3v) is 2.85. The first-order chi connectivity index (χ1) is 8.00. The number of carbonyl (C=O) groups is 1. The van der Waals surface area contributed by atoms with Crippen LogP contribution in [0.15, 0.2) is 18.2 Å². The van der Waals surface area contributed by atoms with E-state index in [9.17, 15) is 4.79 Å². The summed E-state index contributed by atoms with van der Waals surface area (Å²) in [4.78, 5) is 11.1. The van der Waals surface area contributed by atoms with Crippen molar-refractivity contribution in [3.63, 3.8) is 0 Å². The summed E-state index contributed by atoms with van der Waals surface area (Å²) in [5.41, 5.74) is 3.25. The van der Waals surface area contributed by atoms with Crippen LogP contribution in [0.2, 0.25) is 5.15 Å². The quantitative estimate of drug-likeness (QED) is 0.861. The number of carboxylic acids is 1. The molecule has 4 nitrogen and oxygen atoms in total. The highest BCUT2D eigenvalue weighted by Gasteiger charge is 2.20. The minimum absolute atomic E-state index is 0.0126. The summed E-state index contributed by atoms with van der Waals surface area (Å²) in [6, 6.07) is 5.74. The molecule has 88 valence electrons. The van der Waals surface area contributed by atoms with Crippen molar-refractivity contribution in [3.8, 4) is 11.3 Å². The first kappa shape index (κ1) is 11.7. The molecule has 17 heavy (non-hydrogen) atoms. The molecule has 0 bridgehead atoms. The van der Waals surface area contributed by atoms with Gasteiger partial charge in [0.1, 0.15) is 16.4 Å². The fraction of sp³-hybridized carbons (Fsp3) is 0.167. The zero-order valence-electron chi connectivity index (χ0n) is 9.41. The molecule has 5 heteroatoms. The number of aryl methyl sites for hydroxylation is 2. The number of carboxylic acid groups (broad SMARTS) is 1. The first-order valence-electron chi connectivity index (χ1n) is 5.05. The predicted molar refractivity (Wildman–Crippen MR) is 65.5 cm³/mol. The second-order valence-corrected chi connectivity index (χ2v) is 4.26. The fourth-order valence-corrected chi connectivity index (χ4v) is 2.00. The molecule has 2 aromatic rings. The van der Waals surface area contributed by atoms with Crippen molar-refractivity contribution in [2.75, 3.05) is 0 Å². The fourth-order valence-electron chi connectivity index (χ4n) is 1.79. The van der Waals surface area contributed by atoms with Gasteiger partial charge in [-0.3, -0.25) is 5.10 Å². The number of hydrogen-bond acceptors (Lipinski definition) is 2. The van der Waals surface area contributed by atoms with Gasteiger partial charge in [0.15, 0.2) is 0 Å². The Balaban J connectivity index is 2.65. The average Bonchev–Trinajstić information content (AvgIpc) is 2.60. The van der Waals surface area contributed by atoms with Crippen LogP contribution in [0.5, 0.6) is 0 Å². The van der Waals surface area contributed by atoms with E-state index in [-0.39, 0.29) is 10.7 Å². The molecule has 0 aliphatic rings. The third-order valence-electron chi connectivity index (χ3n) is 2.57. The van der Waals surface area contributed by atoms with Gasteiger partial charge in [-0.15, -0.1) is 0 Å². The molecule has 0 unspecified atom stereocenters. The van der Waals surface area contributed by atoms with E-state index in [0.717, 1.165) is 16.7 Å². The number of rotatable bonds is 2. The average molecular weight is 251 g/mol. The number of benzene rings is 1. The smallest absolute Gasteiger partial charge is 0.341 e. The van der Waals surface area contributed by atoms with E-state index in [1.54, 1.807) is 0 Å². The molecular weight excluding hydrogens is 240 g/mol. The summed E-state index contributed by atoms with van der Waals surface area (Å²) >= 11 is 5.77. The zero-order chi connectivity index (χ0) is 12.6. The highest BCUT2D eigenvalue weighted by atomic mass is 35.5. The molecule has 1 aromatic carbocycles. The number of aromatic carboxylic acids is 1. The number of aromatic amines is 1. The van der Waals surface area contributed by atoms with Crippen LogP contribution in [-0.2, 0) is 0 Å². The molecule has 1 aromatic heterocycles. The monoisotopic (exact) mass is 250 g/mol. The molecule has 1 heterocycles. The lowest BCUT2D eigenvalue weighted by molar-refractivity contribution is 0.0698. The van der Waals surface area contributed by atoms with Crippen LogP contribution in [0.3, 0.4) is 0 Å². The molecule has 0 aliphatic heterocycles. The number of halogens is 1. The summed E-state index contributed by atoms with van der Waals surface area (Å²) in [6.07, 6.45) is 0. The molecule has 0 fully saturated rings. The van der Waals surface area contributed by atoms with Gasteiger partial charge in [-0.05, 0) is 19.4 Å². The van der Waals surface area contributed by atoms with Gasteiger partial charge in [-0.2, -0.15) is 5.10 Å². The van der Waals surface area contributed by atoms with Crippen molar-refractivity contribution >= 4 is 17.6 Å². The lowest BCUT2D eigenvalue weighted by Crippen LogP contribution is -1.98. The first-order valence-corrected chi connectivity index (χ1v) is 5.43. The number of aromatic nitrogens is 2. The SMILES string of the molecule is Cc1ccc(-c2n[nH]c(Cl)c2C(=O)O)c(C)c1. The standard InChI is InChI=1S/C12H11ClN2O2/c1-6-3-4-8(7(2)5-6)10-9(12(16)17)11(13)15-14-10/h3-5H,1-2H3,(H,14,15)(H,16,17). The maximum atomic E-state index is 11.1. The molecule has 0 atom stereocenters. The number of H-pyrrole nitrogens is 1. The third kappa shape index (κ3) is 2.03. The van der Waals surface area contributed by atoms with Gasteiger partial charge < -0.3 is 5.11 Å². The zero-order valence-corrected chi connectivity index (χ0v) is 10.2. The summed E-state index contributed by atoms with van der Waals surface area (Å²) in [7, 11) is 0. The van der Waals surface area contributed by atoms with Crippen LogP contribution in [0, 0.1) is 13.8 Å². The summed E-state index contributed by atoms with van der Waals surface area (Å²) in [6.45, 7) is 3.89. The Morgan fingerprint density at radius 1 is 1.41 bits per heavy atom. The molecular formula is C12H11ClN2O2. The lowest BCUT2D eigenvalue weighted by atomic mass is 10.0. The van der Waals surface area contributed by atoms with Gasteiger partial charge in [0.2, 0.25) is 0 Å². The molecule has 0 saturated heterocycles. The summed E-state index contributed by atoms with van der Waals surface area (Å²) < 4.78 is 0. The van der Waals surface area contributed by atoms with E-state index >= 15 is 0 Å². The van der Waals surface area contributed by atoms with Gasteiger partial charge in [-0.25, -0.2) is 4.79 Å². The van der Waals surface area contributed by atoms with Crippen molar-refractivity contribution in [3.05, 3.63) is 40.0 Å². The normalized spacial score (nSPS) is 10.5. The van der Waals surface area contributed by atoms with Crippen LogP contribution in [0.4, 0.5) is 0 Å².